The second kappa shape index (κ2) is 5.33. The monoisotopic (exact) mass is 298 g/mol. The maximum Gasteiger partial charge on any atom is 0.107 e. The summed E-state index contributed by atoms with van der Waals surface area (Å²) in [5, 5.41) is 19.4. The standard InChI is InChI=1S/C9H9BrCl2O2/c10-5-1-2-7(12)6(3-5)9(14)8(13)4-11/h1-3,8-9,13-14H,4H2. The highest BCUT2D eigenvalue weighted by Crippen LogP contribution is 2.28. The minimum Gasteiger partial charge on any atom is -0.389 e. The maximum absolute atomic E-state index is 9.65. The van der Waals surface area contributed by atoms with Crippen LogP contribution in [0.3, 0.4) is 0 Å². The molecule has 14 heavy (non-hydrogen) atoms. The summed E-state index contributed by atoms with van der Waals surface area (Å²) in [6.07, 6.45) is -2.07. The molecule has 0 aliphatic heterocycles. The third-order valence-electron chi connectivity index (χ3n) is 1.80. The number of aliphatic hydroxyl groups is 2. The summed E-state index contributed by atoms with van der Waals surface area (Å²) in [4.78, 5) is 0. The predicted molar refractivity (Wildman–Crippen MR) is 60.8 cm³/mol. The largest absolute Gasteiger partial charge is 0.389 e. The predicted octanol–water partition coefficient (Wildman–Crippen LogP) is 2.74. The van der Waals surface area contributed by atoms with Crippen LogP contribution in [0.5, 0.6) is 0 Å². The lowest BCUT2D eigenvalue weighted by Gasteiger charge is -2.17. The average molecular weight is 300 g/mol. The molecule has 2 N–H and O–H groups in total. The normalized spacial score (nSPS) is 15.2. The van der Waals surface area contributed by atoms with Crippen molar-refractivity contribution in [3.05, 3.63) is 33.3 Å². The highest BCUT2D eigenvalue weighted by atomic mass is 79.9. The van der Waals surface area contributed by atoms with Crippen molar-refractivity contribution in [1.29, 1.82) is 0 Å². The minimum atomic E-state index is -1.06. The molecule has 2 atom stereocenters. The zero-order chi connectivity index (χ0) is 10.7. The van der Waals surface area contributed by atoms with E-state index in [4.69, 9.17) is 23.2 Å². The first-order chi connectivity index (χ1) is 6.56. The van der Waals surface area contributed by atoms with Gasteiger partial charge in [0, 0.05) is 15.1 Å². The molecule has 0 radical (unpaired) electrons. The summed E-state index contributed by atoms with van der Waals surface area (Å²) in [5.41, 5.74) is 0.467. The fourth-order valence-electron chi connectivity index (χ4n) is 1.03. The molecule has 0 aliphatic rings. The van der Waals surface area contributed by atoms with Crippen molar-refractivity contribution in [2.75, 3.05) is 5.88 Å². The van der Waals surface area contributed by atoms with Gasteiger partial charge in [-0.1, -0.05) is 27.5 Å². The number of rotatable bonds is 3. The van der Waals surface area contributed by atoms with E-state index < -0.39 is 12.2 Å². The van der Waals surface area contributed by atoms with Crippen molar-refractivity contribution in [3.8, 4) is 0 Å². The summed E-state index contributed by atoms with van der Waals surface area (Å²) in [7, 11) is 0. The van der Waals surface area contributed by atoms with Crippen LogP contribution in [0.1, 0.15) is 11.7 Å². The van der Waals surface area contributed by atoms with Gasteiger partial charge in [-0.15, -0.1) is 11.6 Å². The molecular formula is C9H9BrCl2O2. The summed E-state index contributed by atoms with van der Waals surface area (Å²) < 4.78 is 0.790. The molecule has 0 aromatic heterocycles. The molecule has 1 aromatic carbocycles. The summed E-state index contributed by atoms with van der Waals surface area (Å²) >= 11 is 14.5. The number of aliphatic hydroxyl groups excluding tert-OH is 2. The summed E-state index contributed by atoms with van der Waals surface area (Å²) in [5.74, 6) is -0.0377. The lowest BCUT2D eigenvalue weighted by atomic mass is 10.1. The number of alkyl halides is 1. The Labute approximate surface area is 101 Å². The number of benzene rings is 1. The van der Waals surface area contributed by atoms with E-state index in [1.54, 1.807) is 18.2 Å². The molecule has 0 amide bonds. The van der Waals surface area contributed by atoms with Gasteiger partial charge in [-0.05, 0) is 18.2 Å². The van der Waals surface area contributed by atoms with Gasteiger partial charge in [0.1, 0.15) is 6.10 Å². The maximum atomic E-state index is 9.65. The zero-order valence-electron chi connectivity index (χ0n) is 7.12. The van der Waals surface area contributed by atoms with Crippen LogP contribution in [0.2, 0.25) is 5.02 Å². The van der Waals surface area contributed by atoms with Gasteiger partial charge in [0.2, 0.25) is 0 Å². The van der Waals surface area contributed by atoms with Crippen molar-refractivity contribution in [2.24, 2.45) is 0 Å². The van der Waals surface area contributed by atoms with Gasteiger partial charge in [-0.25, -0.2) is 0 Å². The molecule has 0 heterocycles. The van der Waals surface area contributed by atoms with E-state index in [1.165, 1.54) is 0 Å². The van der Waals surface area contributed by atoms with Gasteiger partial charge in [-0.3, -0.25) is 0 Å². The quantitative estimate of drug-likeness (QED) is 0.843. The van der Waals surface area contributed by atoms with Gasteiger partial charge >= 0.3 is 0 Å². The van der Waals surface area contributed by atoms with E-state index in [1.807, 2.05) is 0 Å². The number of hydrogen-bond acceptors (Lipinski definition) is 2. The molecule has 2 nitrogen and oxygen atoms in total. The average Bonchev–Trinajstić information content (AvgIpc) is 2.19. The molecule has 78 valence electrons. The molecule has 1 aromatic rings. The highest BCUT2D eigenvalue weighted by molar-refractivity contribution is 9.10. The summed E-state index contributed by atoms with van der Waals surface area (Å²) in [6, 6.07) is 5.06. The second-order valence-electron chi connectivity index (χ2n) is 2.83. The third-order valence-corrected chi connectivity index (χ3v) is 2.95. The zero-order valence-corrected chi connectivity index (χ0v) is 10.2. The van der Waals surface area contributed by atoms with E-state index in [0.717, 1.165) is 4.47 Å². The van der Waals surface area contributed by atoms with E-state index in [9.17, 15) is 10.2 Å². The second-order valence-corrected chi connectivity index (χ2v) is 4.46. The van der Waals surface area contributed by atoms with Crippen LogP contribution in [0.15, 0.2) is 22.7 Å². The first-order valence-corrected chi connectivity index (χ1v) is 5.64. The summed E-state index contributed by atoms with van der Waals surface area (Å²) in [6.45, 7) is 0. The Morgan fingerprint density at radius 1 is 1.36 bits per heavy atom. The van der Waals surface area contributed by atoms with Crippen LogP contribution in [0.4, 0.5) is 0 Å². The molecule has 0 bridgehead atoms. The molecule has 0 saturated heterocycles. The lowest BCUT2D eigenvalue weighted by molar-refractivity contribution is 0.0327. The fraction of sp³-hybridized carbons (Fsp3) is 0.333. The molecule has 5 heteroatoms. The Kier molecular flexibility index (Phi) is 4.67. The van der Waals surface area contributed by atoms with E-state index >= 15 is 0 Å². The Bertz CT molecular complexity index is 320. The first-order valence-electron chi connectivity index (χ1n) is 3.93. The van der Waals surface area contributed by atoms with Crippen LogP contribution in [0, 0.1) is 0 Å². The van der Waals surface area contributed by atoms with Crippen molar-refractivity contribution >= 4 is 39.1 Å². The van der Waals surface area contributed by atoms with Crippen molar-refractivity contribution < 1.29 is 10.2 Å². The molecule has 0 saturated carbocycles. The Morgan fingerprint density at radius 3 is 2.57 bits per heavy atom. The van der Waals surface area contributed by atoms with Gasteiger partial charge in [0.15, 0.2) is 0 Å². The van der Waals surface area contributed by atoms with Gasteiger partial charge in [0.05, 0.1) is 12.0 Å². The van der Waals surface area contributed by atoms with Crippen molar-refractivity contribution in [1.82, 2.24) is 0 Å². The van der Waals surface area contributed by atoms with Gasteiger partial charge in [-0.2, -0.15) is 0 Å². The third kappa shape index (κ3) is 2.84. The highest BCUT2D eigenvalue weighted by Gasteiger charge is 2.19. The van der Waals surface area contributed by atoms with Crippen LogP contribution in [-0.2, 0) is 0 Å². The molecule has 1 rings (SSSR count). The SMILES string of the molecule is OC(CCl)C(O)c1cc(Br)ccc1Cl. The number of halogens is 3. The van der Waals surface area contributed by atoms with Crippen molar-refractivity contribution in [3.63, 3.8) is 0 Å². The van der Waals surface area contributed by atoms with Gasteiger partial charge < -0.3 is 10.2 Å². The smallest absolute Gasteiger partial charge is 0.107 e. The topological polar surface area (TPSA) is 40.5 Å². The molecule has 0 fully saturated rings. The minimum absolute atomic E-state index is 0.0377. The lowest BCUT2D eigenvalue weighted by Crippen LogP contribution is -2.19. The van der Waals surface area contributed by atoms with E-state index in [2.05, 4.69) is 15.9 Å². The first kappa shape index (κ1) is 12.3. The molecular weight excluding hydrogens is 291 g/mol. The van der Waals surface area contributed by atoms with Crippen LogP contribution in [-0.4, -0.2) is 22.2 Å². The van der Waals surface area contributed by atoms with E-state index in [-0.39, 0.29) is 5.88 Å². The van der Waals surface area contributed by atoms with Gasteiger partial charge in [0.25, 0.3) is 0 Å². The molecule has 0 spiro atoms. The van der Waals surface area contributed by atoms with Crippen molar-refractivity contribution in [2.45, 2.75) is 12.2 Å². The Morgan fingerprint density at radius 2 is 2.00 bits per heavy atom. The van der Waals surface area contributed by atoms with E-state index in [0.29, 0.717) is 10.6 Å². The number of hydrogen-bond donors (Lipinski definition) is 2. The fourth-order valence-corrected chi connectivity index (χ4v) is 1.81. The van der Waals surface area contributed by atoms with Crippen LogP contribution in [0.25, 0.3) is 0 Å². The Hall–Kier alpha value is 0.200. The van der Waals surface area contributed by atoms with Crippen LogP contribution >= 0.6 is 39.1 Å². The molecule has 0 aliphatic carbocycles. The Balaban J connectivity index is 2.99. The molecule has 2 unspecified atom stereocenters. The van der Waals surface area contributed by atoms with Crippen LogP contribution < -0.4 is 0 Å².